The predicted molar refractivity (Wildman–Crippen MR) is 101 cm³/mol. The Bertz CT molecular complexity index is 890. The summed E-state index contributed by atoms with van der Waals surface area (Å²) in [6, 6.07) is 0. The van der Waals surface area contributed by atoms with Crippen LogP contribution in [0.2, 0.25) is 0 Å². The van der Waals surface area contributed by atoms with Crippen LogP contribution in [0.15, 0.2) is 0 Å². The molecule has 0 bridgehead atoms. The van der Waals surface area contributed by atoms with Gasteiger partial charge in [-0.15, -0.1) is 0 Å². The summed E-state index contributed by atoms with van der Waals surface area (Å²) in [5.41, 5.74) is 0. The monoisotopic (exact) mass is 599 g/mol. The van der Waals surface area contributed by atoms with Gasteiger partial charge in [0.25, 0.3) is 11.8 Å². The largest absolute Gasteiger partial charge is 0.477 e. The van der Waals surface area contributed by atoms with Crippen LogP contribution in [0.25, 0.3) is 0 Å². The Morgan fingerprint density at radius 3 is 1.73 bits per heavy atom. The van der Waals surface area contributed by atoms with E-state index in [0.29, 0.717) is 0 Å². The van der Waals surface area contributed by atoms with Crippen molar-refractivity contribution in [2.75, 3.05) is 39.5 Å². The normalized spacial score (nSPS) is 15.2. The van der Waals surface area contributed by atoms with E-state index in [4.69, 9.17) is 5.11 Å². The third-order valence-electron chi connectivity index (χ3n) is 4.77. The lowest BCUT2D eigenvalue weighted by Crippen LogP contribution is -2.62. The van der Waals surface area contributed by atoms with Gasteiger partial charge in [0.15, 0.2) is 6.54 Å². The van der Waals surface area contributed by atoms with Crippen molar-refractivity contribution >= 4 is 16.0 Å². The fourth-order valence-corrected chi connectivity index (χ4v) is 4.08. The lowest BCUT2D eigenvalue weighted by atomic mass is 9.94. The van der Waals surface area contributed by atoms with Crippen molar-refractivity contribution in [1.29, 1.82) is 0 Å². The Kier molecular flexibility index (Phi) is 10.8. The summed E-state index contributed by atoms with van der Waals surface area (Å²) in [4.78, 5) is 10.7. The van der Waals surface area contributed by atoms with E-state index in [0.717, 1.165) is 0 Å². The molecule has 0 rings (SSSR count). The number of carbonyl (C=O) groups is 1. The summed E-state index contributed by atoms with van der Waals surface area (Å²) < 4.78 is 195. The highest BCUT2D eigenvalue weighted by molar-refractivity contribution is 7.89. The molecule has 0 unspecified atom stereocenters. The number of sulfonamides is 1. The van der Waals surface area contributed by atoms with E-state index in [1.165, 1.54) is 14.1 Å². The molecule has 0 spiro atoms. The highest BCUT2D eigenvalue weighted by Gasteiger charge is 2.82. The van der Waals surface area contributed by atoms with Crippen LogP contribution in [0.1, 0.15) is 25.7 Å². The quantitative estimate of drug-likeness (QED) is 0.157. The summed E-state index contributed by atoms with van der Waals surface area (Å²) in [6.45, 7) is -0.643. The van der Waals surface area contributed by atoms with Gasteiger partial charge in [-0.2, -0.15) is 39.5 Å². The average Bonchev–Trinajstić information content (AvgIpc) is 2.60. The number of likely N-dealkylation sites (N-methyl/N-ethyl adjacent to an activating group) is 1. The second-order valence-electron chi connectivity index (χ2n) is 8.94. The molecule has 6 nitrogen and oxygen atoms in total. The standard InChI is InChI=1S/C17H23F13N2O4S/c1-32(2,8-11(33)34)6-3-5-31-37(35,36)7-4-12(18,19)9-13(20,21)10-14(22,23)15(24,25)16(26,27)17(28,29)30/h31H,3-10H2,1-2H3/p+1. The zero-order chi connectivity index (χ0) is 29.9. The second kappa shape index (κ2) is 11.3. The molecule has 0 saturated carbocycles. The first kappa shape index (κ1) is 35.4. The van der Waals surface area contributed by atoms with Gasteiger partial charge in [0.2, 0.25) is 10.0 Å². The maximum atomic E-state index is 13.8. The van der Waals surface area contributed by atoms with Crippen molar-refractivity contribution in [2.24, 2.45) is 0 Å². The Morgan fingerprint density at radius 2 is 1.30 bits per heavy atom. The molecule has 0 heterocycles. The van der Waals surface area contributed by atoms with Gasteiger partial charge in [0.05, 0.1) is 39.2 Å². The smallest absolute Gasteiger partial charge is 0.460 e. The maximum absolute atomic E-state index is 13.8. The summed E-state index contributed by atoms with van der Waals surface area (Å²) >= 11 is 0. The molecular weight excluding hydrogens is 575 g/mol. The molecule has 0 fully saturated rings. The number of nitrogens with zero attached hydrogens (tertiary/aromatic N) is 1. The third-order valence-corrected chi connectivity index (χ3v) is 6.16. The van der Waals surface area contributed by atoms with Crippen LogP contribution in [-0.2, 0) is 14.8 Å². The van der Waals surface area contributed by atoms with E-state index in [-0.39, 0.29) is 24.0 Å². The fraction of sp³-hybridized carbons (Fsp3) is 0.941. The van der Waals surface area contributed by atoms with Crippen molar-refractivity contribution in [3.63, 3.8) is 0 Å². The van der Waals surface area contributed by atoms with Gasteiger partial charge in [0, 0.05) is 19.4 Å². The minimum atomic E-state index is -7.48. The Labute approximate surface area is 202 Å². The molecule has 0 aromatic heterocycles. The molecule has 0 aliphatic carbocycles. The molecule has 0 amide bonds. The van der Waals surface area contributed by atoms with Gasteiger partial charge >= 0.3 is 29.9 Å². The first-order valence-electron chi connectivity index (χ1n) is 9.96. The molecule has 0 atom stereocenters. The third kappa shape index (κ3) is 10.6. The highest BCUT2D eigenvalue weighted by atomic mass is 32.2. The summed E-state index contributed by atoms with van der Waals surface area (Å²) in [5, 5.41) is 8.72. The molecule has 20 heteroatoms. The average molecular weight is 599 g/mol. The van der Waals surface area contributed by atoms with Crippen molar-refractivity contribution in [2.45, 2.75) is 61.5 Å². The Balaban J connectivity index is 5.14. The fourth-order valence-electron chi connectivity index (χ4n) is 2.91. The molecule has 2 N–H and O–H groups in total. The molecule has 0 aliphatic rings. The SMILES string of the molecule is C[N+](C)(CCCNS(=O)(=O)CCC(F)(F)CC(F)(F)CC(F)(F)C(F)(F)C(F)(F)C(F)(F)F)CC(=O)O. The van der Waals surface area contributed by atoms with Gasteiger partial charge < -0.3 is 9.59 Å². The van der Waals surface area contributed by atoms with Crippen LogP contribution in [-0.4, -0.2) is 99.2 Å². The molecule has 0 aromatic carbocycles. The van der Waals surface area contributed by atoms with Crippen molar-refractivity contribution < 1.29 is 79.9 Å². The maximum Gasteiger partial charge on any atom is 0.460 e. The zero-order valence-corrected chi connectivity index (χ0v) is 19.9. The highest BCUT2D eigenvalue weighted by Crippen LogP contribution is 2.56. The Hall–Kier alpha value is -1.57. The molecule has 0 saturated heterocycles. The number of aliphatic carboxylic acids is 1. The number of hydrogen-bond donors (Lipinski definition) is 2. The lowest BCUT2D eigenvalue weighted by Gasteiger charge is -2.35. The lowest BCUT2D eigenvalue weighted by molar-refractivity contribution is -0.883. The van der Waals surface area contributed by atoms with Crippen LogP contribution in [0.3, 0.4) is 0 Å². The molecular formula is C17H24F13N2O4S+. The van der Waals surface area contributed by atoms with E-state index < -0.39 is 83.3 Å². The molecule has 0 radical (unpaired) electrons. The van der Waals surface area contributed by atoms with E-state index in [2.05, 4.69) is 0 Å². The summed E-state index contributed by atoms with van der Waals surface area (Å²) in [7, 11) is -1.64. The van der Waals surface area contributed by atoms with Crippen molar-refractivity contribution in [3.05, 3.63) is 0 Å². The number of carboxylic acid groups (broad SMARTS) is 1. The predicted octanol–water partition coefficient (Wildman–Crippen LogP) is 4.37. The zero-order valence-electron chi connectivity index (χ0n) is 19.1. The first-order valence-corrected chi connectivity index (χ1v) is 11.6. The van der Waals surface area contributed by atoms with Gasteiger partial charge in [-0.1, -0.05) is 0 Å². The van der Waals surface area contributed by atoms with E-state index in [9.17, 15) is 70.3 Å². The number of alkyl halides is 13. The van der Waals surface area contributed by atoms with Crippen molar-refractivity contribution in [3.8, 4) is 0 Å². The Morgan fingerprint density at radius 1 is 0.811 bits per heavy atom. The second-order valence-corrected chi connectivity index (χ2v) is 10.9. The molecule has 0 aliphatic heterocycles. The summed E-state index contributed by atoms with van der Waals surface area (Å²) in [5.74, 6) is -34.9. The minimum absolute atomic E-state index is 0.000171. The van der Waals surface area contributed by atoms with Crippen LogP contribution < -0.4 is 4.72 Å². The number of quaternary nitrogens is 1. The summed E-state index contributed by atoms with van der Waals surface area (Å²) in [6.07, 6.45) is -16.1. The number of hydrogen-bond acceptors (Lipinski definition) is 3. The van der Waals surface area contributed by atoms with E-state index >= 15 is 0 Å². The van der Waals surface area contributed by atoms with E-state index in [1.807, 2.05) is 0 Å². The minimum Gasteiger partial charge on any atom is -0.477 e. The van der Waals surface area contributed by atoms with Gasteiger partial charge in [-0.3, -0.25) is 0 Å². The molecule has 37 heavy (non-hydrogen) atoms. The van der Waals surface area contributed by atoms with Crippen LogP contribution in [0.5, 0.6) is 0 Å². The van der Waals surface area contributed by atoms with Crippen LogP contribution in [0, 0.1) is 0 Å². The molecule has 0 aromatic rings. The van der Waals surface area contributed by atoms with Crippen LogP contribution >= 0.6 is 0 Å². The van der Waals surface area contributed by atoms with Crippen LogP contribution in [0.4, 0.5) is 57.1 Å². The number of rotatable bonds is 16. The molecule has 222 valence electrons. The van der Waals surface area contributed by atoms with Gasteiger partial charge in [-0.25, -0.2) is 35.5 Å². The number of halogens is 13. The van der Waals surface area contributed by atoms with E-state index in [1.54, 1.807) is 4.72 Å². The van der Waals surface area contributed by atoms with Gasteiger partial charge in [-0.05, 0) is 0 Å². The van der Waals surface area contributed by atoms with Gasteiger partial charge in [0.1, 0.15) is 0 Å². The number of carboxylic acids is 1. The topological polar surface area (TPSA) is 83.5 Å². The first-order chi connectivity index (χ1) is 16.0. The number of nitrogens with one attached hydrogen (secondary N) is 1. The van der Waals surface area contributed by atoms with Crippen molar-refractivity contribution in [1.82, 2.24) is 4.72 Å².